The standard InChI is InChI=1S/C20H15F4N3O5S/c1-33(29,30)15-4-2-3-12(9-15)25-18(28)16-10-17(20(22,23)24)26-27-19(16)32-14-7-5-13(6-8-14)31-11-21/h2-10H,11H2,1H3,(H,25,28). The minimum Gasteiger partial charge on any atom is -0.463 e. The average molecular weight is 485 g/mol. The Balaban J connectivity index is 1.95. The number of hydrogen-bond acceptors (Lipinski definition) is 7. The summed E-state index contributed by atoms with van der Waals surface area (Å²) in [7, 11) is -3.59. The van der Waals surface area contributed by atoms with Crippen LogP contribution in [0.4, 0.5) is 23.2 Å². The molecular formula is C20H15F4N3O5S. The highest BCUT2D eigenvalue weighted by atomic mass is 32.2. The summed E-state index contributed by atoms with van der Waals surface area (Å²) < 4.78 is 85.1. The molecule has 0 atom stereocenters. The second-order valence-electron chi connectivity index (χ2n) is 6.53. The smallest absolute Gasteiger partial charge is 0.435 e. The van der Waals surface area contributed by atoms with Gasteiger partial charge in [0.15, 0.2) is 15.5 Å². The monoisotopic (exact) mass is 485 g/mol. The molecule has 0 radical (unpaired) electrons. The molecule has 0 saturated heterocycles. The maximum Gasteiger partial charge on any atom is 0.435 e. The number of rotatable bonds is 7. The molecule has 3 aromatic rings. The number of benzene rings is 2. The molecule has 1 aromatic heterocycles. The summed E-state index contributed by atoms with van der Waals surface area (Å²) >= 11 is 0. The zero-order valence-electron chi connectivity index (χ0n) is 16.8. The number of anilines is 1. The van der Waals surface area contributed by atoms with Crippen LogP contribution in [0, 0.1) is 0 Å². The summed E-state index contributed by atoms with van der Waals surface area (Å²) in [4.78, 5) is 12.7. The SMILES string of the molecule is CS(=O)(=O)c1cccc(NC(=O)c2cc(C(F)(F)F)nnc2Oc2ccc(OCF)cc2)c1. The molecule has 8 nitrogen and oxygen atoms in total. The number of alkyl halides is 4. The van der Waals surface area contributed by atoms with Crippen LogP contribution in [-0.4, -0.2) is 37.6 Å². The number of amides is 1. The Kier molecular flexibility index (Phi) is 6.81. The number of hydrogen-bond donors (Lipinski definition) is 1. The van der Waals surface area contributed by atoms with E-state index in [9.17, 15) is 30.8 Å². The topological polar surface area (TPSA) is 107 Å². The van der Waals surface area contributed by atoms with Crippen LogP contribution in [0.3, 0.4) is 0 Å². The van der Waals surface area contributed by atoms with Gasteiger partial charge < -0.3 is 14.8 Å². The first-order chi connectivity index (χ1) is 15.5. The van der Waals surface area contributed by atoms with Gasteiger partial charge in [0, 0.05) is 11.9 Å². The van der Waals surface area contributed by atoms with Crippen molar-refractivity contribution < 1.29 is 40.2 Å². The number of sulfone groups is 1. The lowest BCUT2D eigenvalue weighted by molar-refractivity contribution is -0.141. The van der Waals surface area contributed by atoms with Crippen LogP contribution in [-0.2, 0) is 16.0 Å². The number of carbonyl (C=O) groups is 1. The van der Waals surface area contributed by atoms with Crippen molar-refractivity contribution in [2.24, 2.45) is 0 Å². The Bertz CT molecular complexity index is 1270. The van der Waals surface area contributed by atoms with Crippen molar-refractivity contribution in [3.63, 3.8) is 0 Å². The van der Waals surface area contributed by atoms with Crippen molar-refractivity contribution in [3.8, 4) is 17.4 Å². The third kappa shape index (κ3) is 6.16. The van der Waals surface area contributed by atoms with Crippen molar-refractivity contribution in [3.05, 3.63) is 65.9 Å². The fourth-order valence-electron chi connectivity index (χ4n) is 2.54. The highest BCUT2D eigenvalue weighted by Gasteiger charge is 2.35. The van der Waals surface area contributed by atoms with Crippen LogP contribution in [0.15, 0.2) is 59.5 Å². The van der Waals surface area contributed by atoms with Crippen LogP contribution < -0.4 is 14.8 Å². The van der Waals surface area contributed by atoms with Crippen molar-refractivity contribution in [2.75, 3.05) is 18.4 Å². The lowest BCUT2D eigenvalue weighted by Crippen LogP contribution is -2.18. The van der Waals surface area contributed by atoms with E-state index in [1.54, 1.807) is 0 Å². The molecule has 3 rings (SSSR count). The van der Waals surface area contributed by atoms with E-state index in [2.05, 4.69) is 20.3 Å². The van der Waals surface area contributed by atoms with Crippen molar-refractivity contribution in [1.29, 1.82) is 0 Å². The van der Waals surface area contributed by atoms with E-state index in [1.807, 2.05) is 0 Å². The third-order valence-corrected chi connectivity index (χ3v) is 5.18. The van der Waals surface area contributed by atoms with Crippen LogP contribution in [0.1, 0.15) is 16.1 Å². The highest BCUT2D eigenvalue weighted by Crippen LogP contribution is 2.32. The molecule has 0 aliphatic rings. The fraction of sp³-hybridized carbons (Fsp3) is 0.150. The second-order valence-corrected chi connectivity index (χ2v) is 8.54. The number of aromatic nitrogens is 2. The molecule has 1 heterocycles. The highest BCUT2D eigenvalue weighted by molar-refractivity contribution is 7.90. The van der Waals surface area contributed by atoms with Gasteiger partial charge in [-0.15, -0.1) is 10.2 Å². The Hall–Kier alpha value is -3.74. The molecule has 0 unspecified atom stereocenters. The van der Waals surface area contributed by atoms with E-state index in [1.165, 1.54) is 42.5 Å². The lowest BCUT2D eigenvalue weighted by Gasteiger charge is -2.13. The molecule has 0 saturated carbocycles. The summed E-state index contributed by atoms with van der Waals surface area (Å²) in [6.07, 6.45) is -3.92. The second kappa shape index (κ2) is 9.40. The summed E-state index contributed by atoms with van der Waals surface area (Å²) in [6, 6.07) is 10.9. The first-order valence-electron chi connectivity index (χ1n) is 9.00. The molecule has 33 heavy (non-hydrogen) atoms. The summed E-state index contributed by atoms with van der Waals surface area (Å²) in [5, 5.41) is 8.76. The third-order valence-electron chi connectivity index (χ3n) is 4.07. The minimum absolute atomic E-state index is 0.0203. The largest absolute Gasteiger partial charge is 0.463 e. The number of ether oxygens (including phenoxy) is 2. The first-order valence-corrected chi connectivity index (χ1v) is 10.9. The summed E-state index contributed by atoms with van der Waals surface area (Å²) in [5.41, 5.74) is -2.02. The van der Waals surface area contributed by atoms with Crippen molar-refractivity contribution in [1.82, 2.24) is 10.2 Å². The average Bonchev–Trinajstić information content (AvgIpc) is 2.74. The quantitative estimate of drug-likeness (QED) is 0.499. The normalized spacial score (nSPS) is 11.7. The molecule has 0 spiro atoms. The van der Waals surface area contributed by atoms with E-state index in [-0.39, 0.29) is 22.1 Å². The predicted molar refractivity (Wildman–Crippen MR) is 108 cm³/mol. The minimum atomic E-state index is -4.89. The van der Waals surface area contributed by atoms with Crippen molar-refractivity contribution in [2.45, 2.75) is 11.1 Å². The summed E-state index contributed by atoms with van der Waals surface area (Å²) in [5.74, 6) is -1.36. The maximum absolute atomic E-state index is 13.1. The van der Waals surface area contributed by atoms with E-state index in [0.717, 1.165) is 12.3 Å². The Labute approximate surface area is 185 Å². The van der Waals surface area contributed by atoms with Crippen LogP contribution in [0.5, 0.6) is 17.4 Å². The van der Waals surface area contributed by atoms with Gasteiger partial charge in [-0.3, -0.25) is 4.79 Å². The molecule has 0 bridgehead atoms. The van der Waals surface area contributed by atoms with Gasteiger partial charge >= 0.3 is 6.18 Å². The van der Waals surface area contributed by atoms with E-state index < -0.39 is 45.9 Å². The Morgan fingerprint density at radius 1 is 1.03 bits per heavy atom. The molecule has 13 heteroatoms. The zero-order chi connectivity index (χ0) is 24.2. The molecule has 0 aliphatic carbocycles. The maximum atomic E-state index is 13.1. The molecule has 0 aliphatic heterocycles. The number of nitrogens with zero attached hydrogens (tertiary/aromatic N) is 2. The molecule has 1 amide bonds. The van der Waals surface area contributed by atoms with Gasteiger partial charge in [-0.2, -0.15) is 13.2 Å². The zero-order valence-corrected chi connectivity index (χ0v) is 17.6. The van der Waals surface area contributed by atoms with Crippen LogP contribution in [0.25, 0.3) is 0 Å². The Morgan fingerprint density at radius 3 is 2.30 bits per heavy atom. The summed E-state index contributed by atoms with van der Waals surface area (Å²) in [6.45, 7) is -1.06. The Morgan fingerprint density at radius 2 is 1.70 bits per heavy atom. The lowest BCUT2D eigenvalue weighted by atomic mass is 10.2. The predicted octanol–water partition coefficient (Wildman–Crippen LogP) is 4.25. The molecule has 0 fully saturated rings. The van der Waals surface area contributed by atoms with E-state index in [0.29, 0.717) is 6.07 Å². The van der Waals surface area contributed by atoms with E-state index >= 15 is 0 Å². The molecule has 1 N–H and O–H groups in total. The van der Waals surface area contributed by atoms with Crippen molar-refractivity contribution >= 4 is 21.4 Å². The fourth-order valence-corrected chi connectivity index (χ4v) is 3.21. The van der Waals surface area contributed by atoms with Crippen LogP contribution in [0.2, 0.25) is 0 Å². The van der Waals surface area contributed by atoms with Gasteiger partial charge in [0.25, 0.3) is 11.8 Å². The van der Waals surface area contributed by atoms with Gasteiger partial charge in [0.1, 0.15) is 17.1 Å². The van der Waals surface area contributed by atoms with Crippen LogP contribution >= 0.6 is 0 Å². The van der Waals surface area contributed by atoms with Gasteiger partial charge in [0.2, 0.25) is 6.86 Å². The van der Waals surface area contributed by atoms with Gasteiger partial charge in [-0.25, -0.2) is 12.8 Å². The number of carbonyl (C=O) groups excluding carboxylic acids is 1. The van der Waals surface area contributed by atoms with Gasteiger partial charge in [-0.05, 0) is 48.5 Å². The first kappa shape index (κ1) is 23.9. The molecule has 2 aromatic carbocycles. The van der Waals surface area contributed by atoms with Gasteiger partial charge in [-0.1, -0.05) is 6.07 Å². The molecular weight excluding hydrogens is 470 g/mol. The van der Waals surface area contributed by atoms with Gasteiger partial charge in [0.05, 0.1) is 4.90 Å². The molecule has 174 valence electrons. The number of halogens is 4. The number of nitrogens with one attached hydrogen (secondary N) is 1. The van der Waals surface area contributed by atoms with E-state index in [4.69, 9.17) is 4.74 Å².